The van der Waals surface area contributed by atoms with E-state index in [-0.39, 0.29) is 17.8 Å². The van der Waals surface area contributed by atoms with Crippen LogP contribution in [0, 0.1) is 0 Å². The summed E-state index contributed by atoms with van der Waals surface area (Å²) in [7, 11) is 0. The number of morpholine rings is 1. The van der Waals surface area contributed by atoms with Crippen LogP contribution in [0.4, 0.5) is 24.9 Å². The van der Waals surface area contributed by atoms with Crippen LogP contribution in [0.1, 0.15) is 37.8 Å². The highest BCUT2D eigenvalue weighted by Crippen LogP contribution is 2.30. The van der Waals surface area contributed by atoms with Crippen molar-refractivity contribution in [3.05, 3.63) is 11.8 Å². The Morgan fingerprint density at radius 2 is 1.85 bits per heavy atom. The Balaban J connectivity index is 1.63. The molecule has 3 rings (SSSR count). The maximum Gasteiger partial charge on any atom is 0.433 e. The van der Waals surface area contributed by atoms with Gasteiger partial charge in [0.25, 0.3) is 0 Å². The van der Waals surface area contributed by atoms with E-state index >= 15 is 0 Å². The molecule has 1 aromatic rings. The third kappa shape index (κ3) is 5.70. The van der Waals surface area contributed by atoms with Crippen molar-refractivity contribution in [1.29, 1.82) is 0 Å². The molecule has 146 valence electrons. The normalized spacial score (nSPS) is 20.1. The van der Waals surface area contributed by atoms with E-state index in [9.17, 15) is 13.2 Å². The molecule has 2 fully saturated rings. The van der Waals surface area contributed by atoms with Crippen molar-refractivity contribution >= 4 is 11.8 Å². The van der Waals surface area contributed by atoms with Gasteiger partial charge in [-0.05, 0) is 12.8 Å². The first-order chi connectivity index (χ1) is 12.5. The Labute approximate surface area is 151 Å². The SMILES string of the molecule is FC(F)(F)c1cc(NCCN2CCOCC2)nc(NC2CCCCC2)n1. The molecule has 0 radical (unpaired) electrons. The molecule has 1 saturated heterocycles. The molecular formula is C17H26F3N5O. The molecule has 1 saturated carbocycles. The van der Waals surface area contributed by atoms with Crippen molar-refractivity contribution in [3.63, 3.8) is 0 Å². The first-order valence-electron chi connectivity index (χ1n) is 9.27. The number of halogens is 3. The van der Waals surface area contributed by atoms with Crippen LogP contribution in [0.3, 0.4) is 0 Å². The summed E-state index contributed by atoms with van der Waals surface area (Å²) in [6.07, 6.45) is 0.740. The molecule has 1 aliphatic carbocycles. The van der Waals surface area contributed by atoms with Gasteiger partial charge in [-0.1, -0.05) is 19.3 Å². The first kappa shape index (κ1) is 19.2. The van der Waals surface area contributed by atoms with Gasteiger partial charge in [-0.15, -0.1) is 0 Å². The van der Waals surface area contributed by atoms with Crippen LogP contribution in [0.15, 0.2) is 6.07 Å². The van der Waals surface area contributed by atoms with E-state index in [0.29, 0.717) is 19.8 Å². The third-order valence-corrected chi connectivity index (χ3v) is 4.79. The van der Waals surface area contributed by atoms with E-state index in [1.807, 2.05) is 0 Å². The van der Waals surface area contributed by atoms with E-state index in [4.69, 9.17) is 4.74 Å². The number of nitrogens with zero attached hydrogens (tertiary/aromatic N) is 3. The fraction of sp³-hybridized carbons (Fsp3) is 0.765. The highest BCUT2D eigenvalue weighted by atomic mass is 19.4. The Bertz CT molecular complexity index is 572. The molecule has 2 N–H and O–H groups in total. The van der Waals surface area contributed by atoms with Crippen LogP contribution in [0.2, 0.25) is 0 Å². The number of alkyl halides is 3. The molecule has 26 heavy (non-hydrogen) atoms. The van der Waals surface area contributed by atoms with Crippen molar-refractivity contribution < 1.29 is 17.9 Å². The summed E-state index contributed by atoms with van der Waals surface area (Å²) in [5.41, 5.74) is -0.917. The molecule has 1 aromatic heterocycles. The molecule has 2 aliphatic rings. The first-order valence-corrected chi connectivity index (χ1v) is 9.27. The van der Waals surface area contributed by atoms with Crippen molar-refractivity contribution in [3.8, 4) is 0 Å². The highest BCUT2D eigenvalue weighted by Gasteiger charge is 2.34. The number of rotatable bonds is 6. The van der Waals surface area contributed by atoms with Gasteiger partial charge in [0.2, 0.25) is 5.95 Å². The van der Waals surface area contributed by atoms with Crippen molar-refractivity contribution in [1.82, 2.24) is 14.9 Å². The maximum atomic E-state index is 13.2. The van der Waals surface area contributed by atoms with Gasteiger partial charge in [-0.3, -0.25) is 4.90 Å². The van der Waals surface area contributed by atoms with Crippen molar-refractivity contribution in [2.75, 3.05) is 50.0 Å². The van der Waals surface area contributed by atoms with Crippen LogP contribution in [0.5, 0.6) is 0 Å². The second kappa shape index (κ2) is 8.85. The molecule has 6 nitrogen and oxygen atoms in total. The number of anilines is 2. The predicted octanol–water partition coefficient (Wildman–Crippen LogP) is 2.98. The summed E-state index contributed by atoms with van der Waals surface area (Å²) in [6.45, 7) is 4.33. The molecule has 2 heterocycles. The maximum absolute atomic E-state index is 13.2. The summed E-state index contributed by atoms with van der Waals surface area (Å²) in [5, 5.41) is 6.09. The second-order valence-electron chi connectivity index (χ2n) is 6.82. The lowest BCUT2D eigenvalue weighted by Crippen LogP contribution is -2.39. The lowest BCUT2D eigenvalue weighted by atomic mass is 9.96. The van der Waals surface area contributed by atoms with Gasteiger partial charge in [-0.2, -0.15) is 18.2 Å². The monoisotopic (exact) mass is 373 g/mol. The van der Waals surface area contributed by atoms with Gasteiger partial charge in [0, 0.05) is 38.3 Å². The number of aromatic nitrogens is 2. The summed E-state index contributed by atoms with van der Waals surface area (Å²) < 4.78 is 44.8. The Kier molecular flexibility index (Phi) is 6.53. The Morgan fingerprint density at radius 3 is 2.54 bits per heavy atom. The van der Waals surface area contributed by atoms with Gasteiger partial charge in [0.1, 0.15) is 5.82 Å². The van der Waals surface area contributed by atoms with Crippen LogP contribution in [-0.4, -0.2) is 60.3 Å². The summed E-state index contributed by atoms with van der Waals surface area (Å²) in [5.74, 6) is 0.263. The van der Waals surface area contributed by atoms with Crippen LogP contribution in [0.25, 0.3) is 0 Å². The molecule has 1 aliphatic heterocycles. The minimum Gasteiger partial charge on any atom is -0.379 e. The summed E-state index contributed by atoms with van der Waals surface area (Å²) in [6, 6.07) is 1.12. The van der Waals surface area contributed by atoms with Crippen LogP contribution in [-0.2, 0) is 10.9 Å². The third-order valence-electron chi connectivity index (χ3n) is 4.79. The molecule has 0 aromatic carbocycles. The number of ether oxygens (including phenoxy) is 1. The zero-order valence-corrected chi connectivity index (χ0v) is 14.8. The molecular weight excluding hydrogens is 347 g/mol. The van der Waals surface area contributed by atoms with E-state index in [2.05, 4.69) is 25.5 Å². The van der Waals surface area contributed by atoms with E-state index in [0.717, 1.165) is 51.4 Å². The predicted molar refractivity (Wildman–Crippen MR) is 93.3 cm³/mol. The Hall–Kier alpha value is -1.61. The van der Waals surface area contributed by atoms with E-state index in [1.54, 1.807) is 0 Å². The molecule has 0 unspecified atom stereocenters. The molecule has 9 heteroatoms. The summed E-state index contributed by atoms with van der Waals surface area (Å²) in [4.78, 5) is 10.1. The van der Waals surface area contributed by atoms with Crippen LogP contribution < -0.4 is 10.6 Å². The fourth-order valence-corrected chi connectivity index (χ4v) is 3.34. The van der Waals surface area contributed by atoms with Gasteiger partial charge in [0.15, 0.2) is 5.69 Å². The minimum absolute atomic E-state index is 0.0561. The number of nitrogens with one attached hydrogen (secondary N) is 2. The summed E-state index contributed by atoms with van der Waals surface area (Å²) >= 11 is 0. The molecule has 0 spiro atoms. The highest BCUT2D eigenvalue weighted by molar-refractivity contribution is 5.43. The van der Waals surface area contributed by atoms with Crippen LogP contribution >= 0.6 is 0 Å². The standard InChI is InChI=1S/C17H26F3N5O/c18-17(19,20)14-12-15(21-6-7-25-8-10-26-11-9-25)24-16(23-14)22-13-4-2-1-3-5-13/h12-13H,1-11H2,(H2,21,22,23,24). The minimum atomic E-state index is -4.49. The van der Waals surface area contributed by atoms with Gasteiger partial charge in [0.05, 0.1) is 13.2 Å². The van der Waals surface area contributed by atoms with Gasteiger partial charge < -0.3 is 15.4 Å². The van der Waals surface area contributed by atoms with Crippen molar-refractivity contribution in [2.24, 2.45) is 0 Å². The average Bonchev–Trinajstić information content (AvgIpc) is 2.63. The van der Waals surface area contributed by atoms with Gasteiger partial charge in [-0.25, -0.2) is 4.98 Å². The second-order valence-corrected chi connectivity index (χ2v) is 6.82. The lowest BCUT2D eigenvalue weighted by molar-refractivity contribution is -0.141. The quantitative estimate of drug-likeness (QED) is 0.799. The fourth-order valence-electron chi connectivity index (χ4n) is 3.34. The van der Waals surface area contributed by atoms with E-state index in [1.165, 1.54) is 6.42 Å². The lowest BCUT2D eigenvalue weighted by Gasteiger charge is -2.26. The number of hydrogen-bond acceptors (Lipinski definition) is 6. The topological polar surface area (TPSA) is 62.3 Å². The number of hydrogen-bond donors (Lipinski definition) is 2. The molecule has 0 bridgehead atoms. The molecule has 0 atom stereocenters. The zero-order valence-electron chi connectivity index (χ0n) is 14.8. The zero-order chi connectivity index (χ0) is 18.4. The average molecular weight is 373 g/mol. The van der Waals surface area contributed by atoms with E-state index < -0.39 is 11.9 Å². The Morgan fingerprint density at radius 1 is 1.12 bits per heavy atom. The smallest absolute Gasteiger partial charge is 0.379 e. The molecule has 0 amide bonds. The van der Waals surface area contributed by atoms with Gasteiger partial charge >= 0.3 is 6.18 Å². The largest absolute Gasteiger partial charge is 0.433 e. The van der Waals surface area contributed by atoms with Crippen molar-refractivity contribution in [2.45, 2.75) is 44.3 Å².